The summed E-state index contributed by atoms with van der Waals surface area (Å²) in [6, 6.07) is 26.0. The molecule has 0 N–H and O–H groups in total. The van der Waals surface area contributed by atoms with Crippen molar-refractivity contribution in [3.63, 3.8) is 0 Å². The van der Waals surface area contributed by atoms with Gasteiger partial charge in [-0.15, -0.1) is 0 Å². The highest BCUT2D eigenvalue weighted by atomic mass is 35.5. The smallest absolute Gasteiger partial charge is 0.0715 e. The number of aromatic nitrogens is 1. The van der Waals surface area contributed by atoms with Gasteiger partial charge in [0.2, 0.25) is 0 Å². The van der Waals surface area contributed by atoms with Gasteiger partial charge in [0, 0.05) is 21.0 Å². The summed E-state index contributed by atoms with van der Waals surface area (Å²) in [6.45, 7) is 0. The Hall–Kier alpha value is -2.87. The van der Waals surface area contributed by atoms with Crippen LogP contribution in [0.3, 0.4) is 0 Å². The highest BCUT2D eigenvalue weighted by Crippen LogP contribution is 2.27. The molecule has 0 radical (unpaired) electrons. The van der Waals surface area contributed by atoms with E-state index in [0.717, 1.165) is 33.3 Å². The van der Waals surface area contributed by atoms with Gasteiger partial charge in [-0.2, -0.15) is 0 Å². The molecule has 136 valence electrons. The second-order valence-electron chi connectivity index (χ2n) is 6.37. The van der Waals surface area contributed by atoms with Gasteiger partial charge in [0.25, 0.3) is 0 Å². The lowest BCUT2D eigenvalue weighted by Crippen LogP contribution is -1.88. The minimum absolute atomic E-state index is 0.619. The quantitative estimate of drug-likeness (QED) is 0.338. The fourth-order valence-corrected chi connectivity index (χ4v) is 3.56. The van der Waals surface area contributed by atoms with Gasteiger partial charge in [0.05, 0.1) is 11.2 Å². The molecule has 3 aromatic carbocycles. The van der Waals surface area contributed by atoms with Gasteiger partial charge >= 0.3 is 0 Å². The van der Waals surface area contributed by atoms with E-state index in [-0.39, 0.29) is 0 Å². The molecule has 0 saturated heterocycles. The number of fused-ring (bicyclic) bond motifs is 1. The normalized spacial score (nSPS) is 11.6. The summed E-state index contributed by atoms with van der Waals surface area (Å²) in [5.74, 6) is 0. The van der Waals surface area contributed by atoms with E-state index in [0.29, 0.717) is 10.0 Å². The lowest BCUT2D eigenvalue weighted by molar-refractivity contribution is 1.37. The van der Waals surface area contributed by atoms with Crippen LogP contribution >= 0.6 is 23.2 Å². The highest BCUT2D eigenvalue weighted by molar-refractivity contribution is 6.37. The molecular weight excluding hydrogens is 385 g/mol. The zero-order valence-electron chi connectivity index (χ0n) is 15.0. The van der Waals surface area contributed by atoms with Gasteiger partial charge in [0.1, 0.15) is 0 Å². The largest absolute Gasteiger partial charge is 0.248 e. The van der Waals surface area contributed by atoms with E-state index in [2.05, 4.69) is 36.4 Å². The highest BCUT2D eigenvalue weighted by Gasteiger charge is 2.04. The number of rotatable bonds is 4. The van der Waals surface area contributed by atoms with Crippen molar-refractivity contribution < 1.29 is 0 Å². The van der Waals surface area contributed by atoms with E-state index in [1.54, 1.807) is 0 Å². The molecule has 28 heavy (non-hydrogen) atoms. The summed E-state index contributed by atoms with van der Waals surface area (Å²) < 4.78 is 0. The lowest BCUT2D eigenvalue weighted by Gasteiger charge is -2.05. The van der Waals surface area contributed by atoms with E-state index in [4.69, 9.17) is 28.2 Å². The van der Waals surface area contributed by atoms with Gasteiger partial charge < -0.3 is 0 Å². The van der Waals surface area contributed by atoms with Gasteiger partial charge in [-0.3, -0.25) is 0 Å². The average Bonchev–Trinajstić information content (AvgIpc) is 2.72. The summed E-state index contributed by atoms with van der Waals surface area (Å²) in [5.41, 5.74) is 4.86. The van der Waals surface area contributed by atoms with Crippen LogP contribution < -0.4 is 0 Å². The molecule has 0 aliphatic carbocycles. The van der Waals surface area contributed by atoms with Crippen LogP contribution in [0.5, 0.6) is 0 Å². The van der Waals surface area contributed by atoms with Gasteiger partial charge in [-0.1, -0.05) is 90.0 Å². The summed E-state index contributed by atoms with van der Waals surface area (Å²) in [4.78, 5) is 4.76. The maximum Gasteiger partial charge on any atom is 0.0715 e. The third kappa shape index (κ3) is 4.17. The molecule has 1 aromatic heterocycles. The van der Waals surface area contributed by atoms with E-state index in [9.17, 15) is 0 Å². The first-order valence-electron chi connectivity index (χ1n) is 8.96. The standard InChI is InChI=1S/C25H17Cl2N/c26-23-10-6-11-24(27)22(23)16-15-20-17-19(14-13-18-7-2-1-3-8-18)21-9-4-5-12-25(21)28-20/h1-17H/b14-13+,16-15+. The third-order valence-electron chi connectivity index (χ3n) is 4.44. The van der Waals surface area contributed by atoms with Crippen molar-refractivity contribution in [1.82, 2.24) is 4.98 Å². The maximum absolute atomic E-state index is 6.27. The molecule has 0 unspecified atom stereocenters. The van der Waals surface area contributed by atoms with Gasteiger partial charge in [-0.05, 0) is 47.5 Å². The van der Waals surface area contributed by atoms with Crippen molar-refractivity contribution in [2.24, 2.45) is 0 Å². The molecule has 1 heterocycles. The molecule has 4 rings (SSSR count). The molecule has 0 amide bonds. The zero-order valence-corrected chi connectivity index (χ0v) is 16.5. The van der Waals surface area contributed by atoms with Crippen molar-refractivity contribution >= 4 is 58.4 Å². The van der Waals surface area contributed by atoms with Crippen molar-refractivity contribution in [3.8, 4) is 0 Å². The van der Waals surface area contributed by atoms with Crippen molar-refractivity contribution in [3.05, 3.63) is 111 Å². The maximum atomic E-state index is 6.27. The Morgan fingerprint density at radius 1 is 0.643 bits per heavy atom. The fraction of sp³-hybridized carbons (Fsp3) is 0. The van der Waals surface area contributed by atoms with Crippen LogP contribution in [-0.2, 0) is 0 Å². The number of hydrogen-bond acceptors (Lipinski definition) is 1. The minimum Gasteiger partial charge on any atom is -0.248 e. The molecule has 3 heteroatoms. The van der Waals surface area contributed by atoms with Crippen LogP contribution in [0.25, 0.3) is 35.2 Å². The van der Waals surface area contributed by atoms with Gasteiger partial charge in [0.15, 0.2) is 0 Å². The zero-order chi connectivity index (χ0) is 19.3. The number of hydrogen-bond donors (Lipinski definition) is 0. The Kier molecular flexibility index (Phi) is 5.57. The molecule has 0 aliphatic heterocycles. The van der Waals surface area contributed by atoms with E-state index in [1.807, 2.05) is 66.7 Å². The second-order valence-corrected chi connectivity index (χ2v) is 7.18. The van der Waals surface area contributed by atoms with Crippen LogP contribution in [0, 0.1) is 0 Å². The molecule has 0 spiro atoms. The first kappa shape index (κ1) is 18.5. The predicted molar refractivity (Wildman–Crippen MR) is 123 cm³/mol. The van der Waals surface area contributed by atoms with Crippen molar-refractivity contribution in [1.29, 1.82) is 0 Å². The van der Waals surface area contributed by atoms with Crippen LogP contribution in [-0.4, -0.2) is 4.98 Å². The third-order valence-corrected chi connectivity index (χ3v) is 5.10. The second kappa shape index (κ2) is 8.43. The molecule has 0 fully saturated rings. The van der Waals surface area contributed by atoms with Crippen molar-refractivity contribution in [2.75, 3.05) is 0 Å². The molecule has 0 saturated carbocycles. The number of para-hydroxylation sites is 1. The Balaban J connectivity index is 1.76. The van der Waals surface area contributed by atoms with E-state index < -0.39 is 0 Å². The van der Waals surface area contributed by atoms with E-state index >= 15 is 0 Å². The molecule has 1 nitrogen and oxygen atoms in total. The van der Waals surface area contributed by atoms with Gasteiger partial charge in [-0.25, -0.2) is 4.98 Å². The Morgan fingerprint density at radius 2 is 1.36 bits per heavy atom. The number of halogens is 2. The number of pyridine rings is 1. The number of benzene rings is 3. The average molecular weight is 402 g/mol. The Labute approximate surface area is 174 Å². The monoisotopic (exact) mass is 401 g/mol. The molecule has 0 bridgehead atoms. The lowest BCUT2D eigenvalue weighted by atomic mass is 10.1. The fourth-order valence-electron chi connectivity index (χ4n) is 3.04. The molecular formula is C25H17Cl2N. The number of nitrogens with zero attached hydrogens (tertiary/aromatic N) is 1. The molecule has 0 aliphatic rings. The minimum atomic E-state index is 0.619. The Bertz CT molecular complexity index is 1160. The topological polar surface area (TPSA) is 12.9 Å². The molecule has 0 atom stereocenters. The SMILES string of the molecule is Clc1cccc(Cl)c1/C=C/c1cc(/C=C/c2ccccc2)c2ccccc2n1. The summed E-state index contributed by atoms with van der Waals surface area (Å²) in [5, 5.41) is 2.35. The van der Waals surface area contributed by atoms with Crippen molar-refractivity contribution in [2.45, 2.75) is 0 Å². The first-order valence-corrected chi connectivity index (χ1v) is 9.71. The predicted octanol–water partition coefficient (Wildman–Crippen LogP) is 7.88. The summed E-state index contributed by atoms with van der Waals surface area (Å²) >= 11 is 12.5. The summed E-state index contributed by atoms with van der Waals surface area (Å²) in [6.07, 6.45) is 8.09. The van der Waals surface area contributed by atoms with Crippen LogP contribution in [0.2, 0.25) is 10.0 Å². The summed E-state index contributed by atoms with van der Waals surface area (Å²) in [7, 11) is 0. The van der Waals surface area contributed by atoms with Crippen LogP contribution in [0.4, 0.5) is 0 Å². The molecule has 4 aromatic rings. The van der Waals surface area contributed by atoms with Crippen LogP contribution in [0.1, 0.15) is 22.4 Å². The van der Waals surface area contributed by atoms with E-state index in [1.165, 1.54) is 0 Å². The Morgan fingerprint density at radius 3 is 2.14 bits per heavy atom. The van der Waals surface area contributed by atoms with Crippen LogP contribution in [0.15, 0.2) is 78.9 Å². The first-order chi connectivity index (χ1) is 13.7.